The van der Waals surface area contributed by atoms with E-state index in [9.17, 15) is 9.18 Å². The van der Waals surface area contributed by atoms with Crippen molar-refractivity contribution in [2.45, 2.75) is 38.6 Å². The molecule has 1 aromatic heterocycles. The maximum Gasteiger partial charge on any atom is 0.256 e. The van der Waals surface area contributed by atoms with Crippen LogP contribution < -0.4 is 10.1 Å². The molecule has 1 atom stereocenters. The Morgan fingerprint density at radius 2 is 1.83 bits per heavy atom. The molecule has 1 saturated carbocycles. The highest BCUT2D eigenvalue weighted by molar-refractivity contribution is 5.96. The zero-order chi connectivity index (χ0) is 24.8. The first-order chi connectivity index (χ1) is 16.9. The van der Waals surface area contributed by atoms with Gasteiger partial charge in [-0.25, -0.2) is 9.37 Å². The lowest BCUT2D eigenvalue weighted by atomic mass is 9.76. The molecular formula is C29H34FN3O2. The quantitative estimate of drug-likeness (QED) is 0.424. The molecule has 1 N–H and O–H groups in total. The van der Waals surface area contributed by atoms with Crippen LogP contribution in [-0.2, 0) is 0 Å². The van der Waals surface area contributed by atoms with Crippen LogP contribution in [0.15, 0.2) is 66.9 Å². The molecule has 0 bridgehead atoms. The Bertz CT molecular complexity index is 1120. The number of halogens is 1. The number of aromatic nitrogens is 1. The molecule has 1 aliphatic rings. The highest BCUT2D eigenvalue weighted by atomic mass is 19.1. The molecule has 1 unspecified atom stereocenters. The van der Waals surface area contributed by atoms with Gasteiger partial charge in [0.05, 0.1) is 0 Å². The molecule has 0 radical (unpaired) electrons. The van der Waals surface area contributed by atoms with Gasteiger partial charge >= 0.3 is 0 Å². The third kappa shape index (κ3) is 6.45. The summed E-state index contributed by atoms with van der Waals surface area (Å²) in [5, 5.41) is 3.09. The molecule has 35 heavy (non-hydrogen) atoms. The summed E-state index contributed by atoms with van der Waals surface area (Å²) < 4.78 is 19.7. The molecule has 184 valence electrons. The number of hydrogen-bond donors (Lipinski definition) is 1. The van der Waals surface area contributed by atoms with Crippen LogP contribution in [0.5, 0.6) is 11.6 Å². The SMILES string of the molecule is Cc1ccc(Oc2ncccc2C(=O)NCC2CCC(C(c3cccc(F)c3)N(C)C)CC2)cc1. The van der Waals surface area contributed by atoms with Gasteiger partial charge in [0.15, 0.2) is 0 Å². The van der Waals surface area contributed by atoms with Gasteiger partial charge in [-0.05, 0) is 100 Å². The standard InChI is InChI=1S/C29H34FN3O2/c1-20-9-15-25(16-10-20)35-29-26(8-5-17-31-29)28(34)32-19-21-11-13-22(14-12-21)27(33(2)3)23-6-4-7-24(30)18-23/h4-10,15-18,21-22,27H,11-14,19H2,1-3H3,(H,32,34). The van der Waals surface area contributed by atoms with E-state index in [1.807, 2.05) is 37.3 Å². The Morgan fingerprint density at radius 1 is 1.09 bits per heavy atom. The molecule has 4 rings (SSSR count). The summed E-state index contributed by atoms with van der Waals surface area (Å²) in [7, 11) is 4.12. The monoisotopic (exact) mass is 475 g/mol. The largest absolute Gasteiger partial charge is 0.438 e. The molecule has 2 aromatic carbocycles. The Labute approximate surface area is 207 Å². The lowest BCUT2D eigenvalue weighted by molar-refractivity contribution is 0.0931. The fourth-order valence-corrected chi connectivity index (χ4v) is 5.09. The van der Waals surface area contributed by atoms with Crippen molar-refractivity contribution < 1.29 is 13.9 Å². The number of pyridine rings is 1. The lowest BCUT2D eigenvalue weighted by Gasteiger charge is -2.37. The number of benzene rings is 2. The number of amides is 1. The van der Waals surface area contributed by atoms with E-state index in [2.05, 4.69) is 29.3 Å². The van der Waals surface area contributed by atoms with Crippen molar-refractivity contribution in [3.8, 4) is 11.6 Å². The van der Waals surface area contributed by atoms with Gasteiger partial charge < -0.3 is 15.0 Å². The fraction of sp³-hybridized carbons (Fsp3) is 0.379. The van der Waals surface area contributed by atoms with E-state index in [1.54, 1.807) is 30.5 Å². The predicted molar refractivity (Wildman–Crippen MR) is 136 cm³/mol. The maximum atomic E-state index is 13.8. The summed E-state index contributed by atoms with van der Waals surface area (Å²) in [4.78, 5) is 19.4. The first-order valence-electron chi connectivity index (χ1n) is 12.3. The highest BCUT2D eigenvalue weighted by Crippen LogP contribution is 2.39. The summed E-state index contributed by atoms with van der Waals surface area (Å²) in [5.74, 6) is 1.48. The van der Waals surface area contributed by atoms with Crippen LogP contribution >= 0.6 is 0 Å². The van der Waals surface area contributed by atoms with Gasteiger partial charge in [-0.1, -0.05) is 29.8 Å². The van der Waals surface area contributed by atoms with Crippen molar-refractivity contribution in [1.29, 1.82) is 0 Å². The Balaban J connectivity index is 1.33. The summed E-state index contributed by atoms with van der Waals surface area (Å²) in [6.07, 6.45) is 5.79. The van der Waals surface area contributed by atoms with E-state index in [0.29, 0.717) is 35.6 Å². The van der Waals surface area contributed by atoms with Crippen LogP contribution in [0.1, 0.15) is 53.2 Å². The van der Waals surface area contributed by atoms with Crippen LogP contribution in [0.25, 0.3) is 0 Å². The van der Waals surface area contributed by atoms with Gasteiger partial charge in [-0.15, -0.1) is 0 Å². The number of ether oxygens (including phenoxy) is 1. The number of hydrogen-bond acceptors (Lipinski definition) is 4. The third-order valence-corrected chi connectivity index (χ3v) is 6.89. The number of carbonyl (C=O) groups excluding carboxylic acids is 1. The summed E-state index contributed by atoms with van der Waals surface area (Å²) in [6.45, 7) is 2.63. The molecule has 1 fully saturated rings. The van der Waals surface area contributed by atoms with E-state index >= 15 is 0 Å². The van der Waals surface area contributed by atoms with Crippen molar-refractivity contribution >= 4 is 5.91 Å². The van der Waals surface area contributed by atoms with Crippen LogP contribution in [0.2, 0.25) is 0 Å². The molecule has 1 heterocycles. The lowest BCUT2D eigenvalue weighted by Crippen LogP contribution is -2.34. The normalized spacial score (nSPS) is 18.8. The van der Waals surface area contributed by atoms with Crippen LogP contribution in [0.3, 0.4) is 0 Å². The second kappa shape index (κ2) is 11.5. The van der Waals surface area contributed by atoms with Crippen molar-refractivity contribution in [3.05, 3.63) is 89.4 Å². The topological polar surface area (TPSA) is 54.5 Å². The van der Waals surface area contributed by atoms with Gasteiger partial charge in [0.2, 0.25) is 5.88 Å². The van der Waals surface area contributed by atoms with Crippen LogP contribution in [0, 0.1) is 24.6 Å². The second-order valence-corrected chi connectivity index (χ2v) is 9.73. The number of nitrogens with zero attached hydrogens (tertiary/aromatic N) is 2. The number of nitrogens with one attached hydrogen (secondary N) is 1. The minimum absolute atomic E-state index is 0.173. The molecule has 3 aromatic rings. The number of carbonyl (C=O) groups is 1. The zero-order valence-corrected chi connectivity index (χ0v) is 20.7. The van der Waals surface area contributed by atoms with Crippen molar-refractivity contribution in [1.82, 2.24) is 15.2 Å². The Hall–Kier alpha value is -3.25. The first-order valence-corrected chi connectivity index (χ1v) is 12.3. The summed E-state index contributed by atoms with van der Waals surface area (Å²) in [5.41, 5.74) is 2.60. The molecule has 6 heteroatoms. The smallest absolute Gasteiger partial charge is 0.256 e. The molecule has 5 nitrogen and oxygen atoms in total. The van der Waals surface area contributed by atoms with Gasteiger partial charge in [-0.2, -0.15) is 0 Å². The molecule has 0 saturated heterocycles. The average Bonchev–Trinajstić information content (AvgIpc) is 2.85. The molecular weight excluding hydrogens is 441 g/mol. The maximum absolute atomic E-state index is 13.8. The van der Waals surface area contributed by atoms with E-state index < -0.39 is 0 Å². The highest BCUT2D eigenvalue weighted by Gasteiger charge is 2.30. The molecule has 0 spiro atoms. The van der Waals surface area contributed by atoms with Gasteiger partial charge in [0.25, 0.3) is 5.91 Å². The Kier molecular flexibility index (Phi) is 8.13. The van der Waals surface area contributed by atoms with Crippen LogP contribution in [-0.4, -0.2) is 36.4 Å². The van der Waals surface area contributed by atoms with Crippen molar-refractivity contribution in [3.63, 3.8) is 0 Å². The molecule has 1 aliphatic carbocycles. The number of rotatable bonds is 8. The van der Waals surface area contributed by atoms with Gasteiger partial charge in [0.1, 0.15) is 17.1 Å². The molecule has 1 amide bonds. The third-order valence-electron chi connectivity index (χ3n) is 6.89. The summed E-state index contributed by atoms with van der Waals surface area (Å²) in [6, 6.07) is 18.3. The Morgan fingerprint density at radius 3 is 2.51 bits per heavy atom. The first kappa shape index (κ1) is 24.9. The van der Waals surface area contributed by atoms with Gasteiger partial charge in [-0.3, -0.25) is 4.79 Å². The van der Waals surface area contributed by atoms with Gasteiger partial charge in [0, 0.05) is 18.8 Å². The summed E-state index contributed by atoms with van der Waals surface area (Å²) >= 11 is 0. The zero-order valence-electron chi connectivity index (χ0n) is 20.7. The van der Waals surface area contributed by atoms with Crippen LogP contribution in [0.4, 0.5) is 4.39 Å². The average molecular weight is 476 g/mol. The minimum Gasteiger partial charge on any atom is -0.438 e. The van der Waals surface area contributed by atoms with E-state index in [-0.39, 0.29) is 17.8 Å². The number of aryl methyl sites for hydroxylation is 1. The predicted octanol–water partition coefficient (Wildman–Crippen LogP) is 6.16. The van der Waals surface area contributed by atoms with E-state index in [1.165, 1.54) is 6.07 Å². The van der Waals surface area contributed by atoms with Crippen molar-refractivity contribution in [2.24, 2.45) is 11.8 Å². The minimum atomic E-state index is -0.188. The van der Waals surface area contributed by atoms with Crippen molar-refractivity contribution in [2.75, 3.05) is 20.6 Å². The van der Waals surface area contributed by atoms with E-state index in [4.69, 9.17) is 4.74 Å². The fourth-order valence-electron chi connectivity index (χ4n) is 5.09. The van der Waals surface area contributed by atoms with E-state index in [0.717, 1.165) is 36.8 Å². The molecule has 0 aliphatic heterocycles. The second-order valence-electron chi connectivity index (χ2n) is 9.73.